The summed E-state index contributed by atoms with van der Waals surface area (Å²) in [5.74, 6) is -0.391. The summed E-state index contributed by atoms with van der Waals surface area (Å²) in [6.07, 6.45) is 0. The van der Waals surface area contributed by atoms with E-state index in [1.54, 1.807) is 19.1 Å². The molecule has 0 heterocycles. The van der Waals surface area contributed by atoms with Crippen molar-refractivity contribution in [1.82, 2.24) is 0 Å². The van der Waals surface area contributed by atoms with E-state index in [-0.39, 0.29) is 23.6 Å². The number of ether oxygens (including phenoxy) is 1. The molecule has 0 aromatic heterocycles. The molecule has 0 spiro atoms. The Labute approximate surface area is 142 Å². The van der Waals surface area contributed by atoms with Crippen molar-refractivity contribution in [2.24, 2.45) is 0 Å². The fourth-order valence-electron chi connectivity index (χ4n) is 1.86. The van der Waals surface area contributed by atoms with Gasteiger partial charge in [0.1, 0.15) is 0 Å². The van der Waals surface area contributed by atoms with Crippen LogP contribution in [0.3, 0.4) is 0 Å². The van der Waals surface area contributed by atoms with E-state index in [0.717, 1.165) is 6.07 Å². The SMILES string of the molecule is CCOc1ccc(C(=O)Nc2ccc(Cl)c(Cl)c2)cc1[N+](=O)[O-]. The quantitative estimate of drug-likeness (QED) is 0.630. The Kier molecular flexibility index (Phi) is 5.41. The highest BCUT2D eigenvalue weighted by Crippen LogP contribution is 2.29. The summed E-state index contributed by atoms with van der Waals surface area (Å²) in [5.41, 5.74) is 0.292. The Morgan fingerprint density at radius 1 is 1.22 bits per heavy atom. The van der Waals surface area contributed by atoms with Gasteiger partial charge in [-0.1, -0.05) is 23.2 Å². The van der Waals surface area contributed by atoms with Crippen LogP contribution < -0.4 is 10.1 Å². The minimum atomic E-state index is -0.596. The van der Waals surface area contributed by atoms with Crippen LogP contribution in [0.4, 0.5) is 11.4 Å². The molecule has 8 heteroatoms. The molecule has 1 amide bonds. The van der Waals surface area contributed by atoms with Gasteiger partial charge in [-0.25, -0.2) is 0 Å². The van der Waals surface area contributed by atoms with Crippen molar-refractivity contribution in [2.45, 2.75) is 6.92 Å². The monoisotopic (exact) mass is 354 g/mol. The molecule has 1 N–H and O–H groups in total. The van der Waals surface area contributed by atoms with E-state index in [2.05, 4.69) is 5.32 Å². The molecular formula is C15H12Cl2N2O4. The zero-order valence-corrected chi connectivity index (χ0v) is 13.5. The minimum Gasteiger partial charge on any atom is -0.487 e. The number of anilines is 1. The Balaban J connectivity index is 2.26. The zero-order valence-electron chi connectivity index (χ0n) is 12.0. The van der Waals surface area contributed by atoms with Crippen LogP contribution in [-0.4, -0.2) is 17.4 Å². The second kappa shape index (κ2) is 7.30. The topological polar surface area (TPSA) is 81.5 Å². The predicted octanol–water partition coefficient (Wildman–Crippen LogP) is 4.55. The molecule has 2 rings (SSSR count). The van der Waals surface area contributed by atoms with E-state index in [4.69, 9.17) is 27.9 Å². The molecule has 2 aromatic carbocycles. The molecule has 0 aliphatic carbocycles. The number of nitrogens with zero attached hydrogens (tertiary/aromatic N) is 1. The van der Waals surface area contributed by atoms with Crippen molar-refractivity contribution in [2.75, 3.05) is 11.9 Å². The number of amides is 1. The molecule has 120 valence electrons. The summed E-state index contributed by atoms with van der Waals surface area (Å²) in [5, 5.41) is 14.3. The van der Waals surface area contributed by atoms with Crippen LogP contribution in [0.1, 0.15) is 17.3 Å². The smallest absolute Gasteiger partial charge is 0.311 e. The van der Waals surface area contributed by atoms with Crippen molar-refractivity contribution < 1.29 is 14.5 Å². The van der Waals surface area contributed by atoms with Gasteiger partial charge in [-0.05, 0) is 37.3 Å². The number of benzene rings is 2. The summed E-state index contributed by atoms with van der Waals surface area (Å²) >= 11 is 11.7. The Hall–Kier alpha value is -2.31. The molecule has 0 radical (unpaired) electrons. The van der Waals surface area contributed by atoms with Gasteiger partial charge in [-0.15, -0.1) is 0 Å². The Morgan fingerprint density at radius 3 is 2.57 bits per heavy atom. The number of hydrogen-bond acceptors (Lipinski definition) is 4. The molecule has 0 atom stereocenters. The highest BCUT2D eigenvalue weighted by molar-refractivity contribution is 6.42. The number of nitrogens with one attached hydrogen (secondary N) is 1. The molecule has 0 unspecified atom stereocenters. The van der Waals surface area contributed by atoms with Crippen LogP contribution in [0.25, 0.3) is 0 Å². The lowest BCUT2D eigenvalue weighted by molar-refractivity contribution is -0.385. The highest BCUT2D eigenvalue weighted by atomic mass is 35.5. The third-order valence-electron chi connectivity index (χ3n) is 2.90. The maximum absolute atomic E-state index is 12.2. The van der Waals surface area contributed by atoms with Crippen LogP contribution in [0, 0.1) is 10.1 Å². The predicted molar refractivity (Wildman–Crippen MR) is 88.7 cm³/mol. The maximum atomic E-state index is 12.2. The van der Waals surface area contributed by atoms with Gasteiger partial charge in [-0.3, -0.25) is 14.9 Å². The molecule has 23 heavy (non-hydrogen) atoms. The van der Waals surface area contributed by atoms with E-state index in [0.29, 0.717) is 15.7 Å². The average molecular weight is 355 g/mol. The first kappa shape index (κ1) is 17.1. The van der Waals surface area contributed by atoms with Crippen LogP contribution in [-0.2, 0) is 0 Å². The van der Waals surface area contributed by atoms with Crippen molar-refractivity contribution in [1.29, 1.82) is 0 Å². The number of carbonyl (C=O) groups is 1. The van der Waals surface area contributed by atoms with Gasteiger partial charge in [0.25, 0.3) is 5.91 Å². The standard InChI is InChI=1S/C15H12Cl2N2O4/c1-2-23-14-6-3-9(7-13(14)19(21)22)15(20)18-10-4-5-11(16)12(17)8-10/h3-8H,2H2,1H3,(H,18,20). The molecule has 0 aliphatic rings. The van der Waals surface area contributed by atoms with Crippen LogP contribution >= 0.6 is 23.2 Å². The van der Waals surface area contributed by atoms with Gasteiger partial charge in [0, 0.05) is 17.3 Å². The fraction of sp³-hybridized carbons (Fsp3) is 0.133. The zero-order chi connectivity index (χ0) is 17.0. The summed E-state index contributed by atoms with van der Waals surface area (Å²) in [6, 6.07) is 8.62. The molecular weight excluding hydrogens is 343 g/mol. The highest BCUT2D eigenvalue weighted by Gasteiger charge is 2.18. The van der Waals surface area contributed by atoms with Crippen molar-refractivity contribution in [3.8, 4) is 5.75 Å². The van der Waals surface area contributed by atoms with Crippen molar-refractivity contribution in [3.05, 3.63) is 62.1 Å². The third-order valence-corrected chi connectivity index (χ3v) is 3.63. The van der Waals surface area contributed by atoms with E-state index in [1.807, 2.05) is 0 Å². The maximum Gasteiger partial charge on any atom is 0.311 e. The van der Waals surface area contributed by atoms with Crippen LogP contribution in [0.2, 0.25) is 10.0 Å². The van der Waals surface area contributed by atoms with Gasteiger partial charge >= 0.3 is 5.69 Å². The van der Waals surface area contributed by atoms with Gasteiger partial charge < -0.3 is 10.1 Å². The first-order valence-corrected chi connectivity index (χ1v) is 7.35. The molecule has 2 aromatic rings. The lowest BCUT2D eigenvalue weighted by atomic mass is 10.1. The number of halogens is 2. The van der Waals surface area contributed by atoms with Crippen LogP contribution in [0.5, 0.6) is 5.75 Å². The summed E-state index contributed by atoms with van der Waals surface area (Å²) in [7, 11) is 0. The molecule has 0 saturated heterocycles. The molecule has 0 fully saturated rings. The number of hydrogen-bond donors (Lipinski definition) is 1. The van der Waals surface area contributed by atoms with Gasteiger partial charge in [0.2, 0.25) is 0 Å². The minimum absolute atomic E-state index is 0.114. The number of nitro groups is 1. The molecule has 0 bridgehead atoms. The van der Waals surface area contributed by atoms with E-state index < -0.39 is 10.8 Å². The number of carbonyl (C=O) groups excluding carboxylic acids is 1. The van der Waals surface area contributed by atoms with Crippen molar-refractivity contribution >= 4 is 40.5 Å². The first-order valence-electron chi connectivity index (χ1n) is 6.60. The summed E-state index contributed by atoms with van der Waals surface area (Å²) < 4.78 is 5.17. The fourth-order valence-corrected chi connectivity index (χ4v) is 2.15. The summed E-state index contributed by atoms with van der Waals surface area (Å²) in [4.78, 5) is 22.7. The van der Waals surface area contributed by atoms with E-state index in [9.17, 15) is 14.9 Å². The number of rotatable bonds is 5. The number of nitro benzene ring substituents is 1. The lowest BCUT2D eigenvalue weighted by Gasteiger charge is -2.08. The van der Waals surface area contributed by atoms with Crippen LogP contribution in [0.15, 0.2) is 36.4 Å². The molecule has 6 nitrogen and oxygen atoms in total. The van der Waals surface area contributed by atoms with Gasteiger partial charge in [-0.2, -0.15) is 0 Å². The Morgan fingerprint density at radius 2 is 1.96 bits per heavy atom. The molecule has 0 saturated carbocycles. The van der Waals surface area contributed by atoms with Gasteiger partial charge in [0.15, 0.2) is 5.75 Å². The second-order valence-corrected chi connectivity index (χ2v) is 5.27. The van der Waals surface area contributed by atoms with Gasteiger partial charge in [0.05, 0.1) is 21.6 Å². The lowest BCUT2D eigenvalue weighted by Crippen LogP contribution is -2.12. The Bertz CT molecular complexity index is 765. The normalized spacial score (nSPS) is 10.2. The average Bonchev–Trinajstić information content (AvgIpc) is 2.51. The summed E-state index contributed by atoms with van der Waals surface area (Å²) in [6.45, 7) is 2.00. The largest absolute Gasteiger partial charge is 0.487 e. The third kappa shape index (κ3) is 4.12. The van der Waals surface area contributed by atoms with E-state index in [1.165, 1.54) is 18.2 Å². The van der Waals surface area contributed by atoms with E-state index >= 15 is 0 Å². The molecule has 0 aliphatic heterocycles. The second-order valence-electron chi connectivity index (χ2n) is 4.46. The van der Waals surface area contributed by atoms with Crippen molar-refractivity contribution in [3.63, 3.8) is 0 Å². The first-order chi connectivity index (χ1) is 10.9.